The summed E-state index contributed by atoms with van der Waals surface area (Å²) in [6, 6.07) is 8.03. The lowest BCUT2D eigenvalue weighted by molar-refractivity contribution is 0.233. The molecule has 0 aliphatic carbocycles. The van der Waals surface area contributed by atoms with Crippen LogP contribution >= 0.6 is 0 Å². The molecule has 77 valence electrons. The third-order valence-corrected chi connectivity index (χ3v) is 1.96. The van der Waals surface area contributed by atoms with Gasteiger partial charge in [-0.25, -0.2) is 0 Å². The normalized spacial score (nSPS) is 10.1. The number of hydrogen-bond acceptors (Lipinski definition) is 2. The van der Waals surface area contributed by atoms with E-state index in [0.717, 1.165) is 18.6 Å². The molecule has 1 N–H and O–H groups in total. The number of rotatable bonds is 6. The van der Waals surface area contributed by atoms with Crippen LogP contribution in [0.4, 0.5) is 0 Å². The van der Waals surface area contributed by atoms with Crippen molar-refractivity contribution in [3.8, 4) is 5.75 Å². The average Bonchev–Trinajstić information content (AvgIpc) is 2.21. The third-order valence-electron chi connectivity index (χ3n) is 1.96. The van der Waals surface area contributed by atoms with Gasteiger partial charge >= 0.3 is 0 Å². The molecule has 1 aromatic carbocycles. The Hall–Kier alpha value is -1.02. The zero-order valence-corrected chi connectivity index (χ0v) is 8.41. The summed E-state index contributed by atoms with van der Waals surface area (Å²) in [7, 11) is 0. The van der Waals surface area contributed by atoms with Gasteiger partial charge in [-0.1, -0.05) is 19.1 Å². The van der Waals surface area contributed by atoms with Gasteiger partial charge in [0.1, 0.15) is 5.75 Å². The van der Waals surface area contributed by atoms with Gasteiger partial charge < -0.3 is 9.84 Å². The molecule has 0 fully saturated rings. The molecular formula is C12H17O2. The van der Waals surface area contributed by atoms with Crippen molar-refractivity contribution in [3.63, 3.8) is 0 Å². The van der Waals surface area contributed by atoms with Gasteiger partial charge in [0, 0.05) is 13.0 Å². The second-order valence-electron chi connectivity index (χ2n) is 3.17. The lowest BCUT2D eigenvalue weighted by Crippen LogP contribution is -1.99. The molecule has 1 aromatic rings. The molecule has 0 aliphatic heterocycles. The van der Waals surface area contributed by atoms with Gasteiger partial charge in [0.2, 0.25) is 0 Å². The van der Waals surface area contributed by atoms with Gasteiger partial charge in [0.25, 0.3) is 0 Å². The number of aliphatic hydroxyl groups is 1. The lowest BCUT2D eigenvalue weighted by atomic mass is 10.1. The highest BCUT2D eigenvalue weighted by Gasteiger charge is 1.94. The van der Waals surface area contributed by atoms with Crippen molar-refractivity contribution < 1.29 is 9.84 Å². The molecule has 0 amide bonds. The van der Waals surface area contributed by atoms with Gasteiger partial charge in [0.15, 0.2) is 0 Å². The quantitative estimate of drug-likeness (QED) is 0.702. The van der Waals surface area contributed by atoms with Crippen LogP contribution in [0.2, 0.25) is 0 Å². The maximum Gasteiger partial charge on any atom is 0.119 e. The van der Waals surface area contributed by atoms with Crippen LogP contribution < -0.4 is 4.74 Å². The predicted molar refractivity (Wildman–Crippen MR) is 57.3 cm³/mol. The van der Waals surface area contributed by atoms with Gasteiger partial charge in [-0.3, -0.25) is 0 Å². The van der Waals surface area contributed by atoms with Gasteiger partial charge in [0.05, 0.1) is 6.61 Å². The minimum Gasteiger partial charge on any atom is -0.494 e. The summed E-state index contributed by atoms with van der Waals surface area (Å²) in [6.07, 6.45) is 2.61. The number of benzene rings is 1. The smallest absolute Gasteiger partial charge is 0.119 e. The van der Waals surface area contributed by atoms with Crippen LogP contribution in [0.3, 0.4) is 0 Å². The van der Waals surface area contributed by atoms with Crippen molar-refractivity contribution >= 4 is 0 Å². The Morgan fingerprint density at radius 3 is 2.50 bits per heavy atom. The molecule has 0 atom stereocenters. The molecule has 0 heterocycles. The lowest BCUT2D eigenvalue weighted by Gasteiger charge is -2.05. The topological polar surface area (TPSA) is 29.5 Å². The monoisotopic (exact) mass is 193 g/mol. The third kappa shape index (κ3) is 3.79. The van der Waals surface area contributed by atoms with E-state index >= 15 is 0 Å². The van der Waals surface area contributed by atoms with E-state index in [1.165, 1.54) is 5.56 Å². The number of aliphatic hydroxyl groups excluding tert-OH is 1. The van der Waals surface area contributed by atoms with Crippen molar-refractivity contribution in [2.24, 2.45) is 0 Å². The fraction of sp³-hybridized carbons (Fsp3) is 0.417. The number of hydrogen-bond donors (Lipinski definition) is 1. The van der Waals surface area contributed by atoms with Crippen molar-refractivity contribution in [1.82, 2.24) is 0 Å². The zero-order chi connectivity index (χ0) is 10.2. The van der Waals surface area contributed by atoms with E-state index in [4.69, 9.17) is 9.84 Å². The van der Waals surface area contributed by atoms with Crippen LogP contribution in [0.25, 0.3) is 0 Å². The van der Waals surface area contributed by atoms with Crippen LogP contribution in [-0.2, 0) is 6.42 Å². The van der Waals surface area contributed by atoms with E-state index < -0.39 is 0 Å². The van der Waals surface area contributed by atoms with E-state index in [1.807, 2.05) is 12.1 Å². The van der Waals surface area contributed by atoms with E-state index in [-0.39, 0.29) is 6.61 Å². The van der Waals surface area contributed by atoms with Crippen LogP contribution in [0.5, 0.6) is 5.75 Å². The first kappa shape index (κ1) is 11.1. The van der Waals surface area contributed by atoms with Gasteiger partial charge in [-0.05, 0) is 30.5 Å². The Labute approximate surface area is 85.5 Å². The molecule has 0 unspecified atom stereocenters. The van der Waals surface area contributed by atoms with E-state index in [9.17, 15) is 0 Å². The molecule has 0 bridgehead atoms. The van der Waals surface area contributed by atoms with Crippen LogP contribution in [0.15, 0.2) is 24.3 Å². The fourth-order valence-corrected chi connectivity index (χ4v) is 1.21. The SMILES string of the molecule is [CH2]CCc1ccc(OCCCO)cc1. The summed E-state index contributed by atoms with van der Waals surface area (Å²) in [5, 5.41) is 8.57. The minimum absolute atomic E-state index is 0.180. The average molecular weight is 193 g/mol. The molecule has 1 rings (SSSR count). The van der Waals surface area contributed by atoms with Crippen LogP contribution in [-0.4, -0.2) is 18.3 Å². The first-order chi connectivity index (χ1) is 6.86. The molecule has 0 saturated carbocycles. The Balaban J connectivity index is 2.38. The first-order valence-electron chi connectivity index (χ1n) is 4.98. The highest BCUT2D eigenvalue weighted by atomic mass is 16.5. The van der Waals surface area contributed by atoms with E-state index in [2.05, 4.69) is 19.1 Å². The molecule has 0 aromatic heterocycles. The summed E-state index contributed by atoms with van der Waals surface area (Å²) in [6.45, 7) is 4.56. The van der Waals surface area contributed by atoms with Crippen molar-refractivity contribution in [2.45, 2.75) is 19.3 Å². The molecule has 0 saturated heterocycles. The highest BCUT2D eigenvalue weighted by Crippen LogP contribution is 2.13. The summed E-state index contributed by atoms with van der Waals surface area (Å²) in [5.74, 6) is 0.867. The molecule has 14 heavy (non-hydrogen) atoms. The summed E-state index contributed by atoms with van der Waals surface area (Å²) >= 11 is 0. The number of aryl methyl sites for hydroxylation is 1. The van der Waals surface area contributed by atoms with Crippen molar-refractivity contribution in [3.05, 3.63) is 36.8 Å². The Bertz CT molecular complexity index is 241. The summed E-state index contributed by atoms with van der Waals surface area (Å²) in [5.41, 5.74) is 1.29. The fourth-order valence-electron chi connectivity index (χ4n) is 1.21. The summed E-state index contributed by atoms with van der Waals surface area (Å²) in [4.78, 5) is 0. The van der Waals surface area contributed by atoms with Crippen molar-refractivity contribution in [2.75, 3.05) is 13.2 Å². The molecular weight excluding hydrogens is 176 g/mol. The second kappa shape index (κ2) is 6.44. The van der Waals surface area contributed by atoms with Crippen molar-refractivity contribution in [1.29, 1.82) is 0 Å². The van der Waals surface area contributed by atoms with Crippen LogP contribution in [0.1, 0.15) is 18.4 Å². The Morgan fingerprint density at radius 1 is 1.21 bits per heavy atom. The van der Waals surface area contributed by atoms with E-state index in [1.54, 1.807) is 0 Å². The van der Waals surface area contributed by atoms with Crippen LogP contribution in [0, 0.1) is 6.92 Å². The number of ether oxygens (including phenoxy) is 1. The van der Waals surface area contributed by atoms with E-state index in [0.29, 0.717) is 13.0 Å². The van der Waals surface area contributed by atoms with Gasteiger partial charge in [-0.15, -0.1) is 0 Å². The zero-order valence-electron chi connectivity index (χ0n) is 8.41. The minimum atomic E-state index is 0.180. The molecule has 0 spiro atoms. The maximum atomic E-state index is 8.57. The molecule has 0 aliphatic rings. The molecule has 2 nitrogen and oxygen atoms in total. The second-order valence-corrected chi connectivity index (χ2v) is 3.17. The molecule has 2 heteroatoms. The Morgan fingerprint density at radius 2 is 1.93 bits per heavy atom. The predicted octanol–water partition coefficient (Wildman–Crippen LogP) is 2.21. The molecule has 1 radical (unpaired) electrons. The Kier molecular flexibility index (Phi) is 5.08. The highest BCUT2D eigenvalue weighted by molar-refractivity contribution is 5.27. The first-order valence-corrected chi connectivity index (χ1v) is 4.98. The maximum absolute atomic E-state index is 8.57. The largest absolute Gasteiger partial charge is 0.494 e. The summed E-state index contributed by atoms with van der Waals surface area (Å²) < 4.78 is 5.40. The standard InChI is InChI=1S/C12H17O2/c1-2-4-11-5-7-12(8-6-11)14-10-3-9-13/h5-8,13H,1-4,9-10H2. The van der Waals surface area contributed by atoms with Gasteiger partial charge in [-0.2, -0.15) is 0 Å².